The average Bonchev–Trinajstić information content (AvgIpc) is 3.47. The number of hydrogen-bond acceptors (Lipinski definition) is 5. The summed E-state index contributed by atoms with van der Waals surface area (Å²) >= 11 is 0. The van der Waals surface area contributed by atoms with Gasteiger partial charge in [-0.1, -0.05) is 6.07 Å². The second-order valence-corrected chi connectivity index (χ2v) is 9.64. The van der Waals surface area contributed by atoms with Gasteiger partial charge in [-0.25, -0.2) is 22.3 Å². The molecule has 1 heterocycles. The summed E-state index contributed by atoms with van der Waals surface area (Å²) in [5.41, 5.74) is 1.75. The molecule has 0 aromatic heterocycles. The zero-order chi connectivity index (χ0) is 16.7. The van der Waals surface area contributed by atoms with Gasteiger partial charge >= 0.3 is 0 Å². The van der Waals surface area contributed by atoms with E-state index in [1.54, 1.807) is 12.1 Å². The summed E-state index contributed by atoms with van der Waals surface area (Å²) in [5, 5.41) is 3.52. The molecule has 1 aliphatic heterocycles. The number of hydrogen-bond donors (Lipinski definition) is 2. The molecule has 1 aromatic rings. The molecule has 2 fully saturated rings. The molecular weight excluding hydrogens is 346 g/mol. The molecule has 4 rings (SSSR count). The highest BCUT2D eigenvalue weighted by atomic mass is 32.2. The summed E-state index contributed by atoms with van der Waals surface area (Å²) in [6.45, 7) is 0.945. The summed E-state index contributed by atoms with van der Waals surface area (Å²) in [6, 6.07) is 5.34. The lowest BCUT2D eigenvalue weighted by atomic mass is 10.1. The minimum absolute atomic E-state index is 0.0665. The van der Waals surface area contributed by atoms with Gasteiger partial charge in [-0.05, 0) is 49.7 Å². The summed E-state index contributed by atoms with van der Waals surface area (Å²) in [5.74, 6) is 1.57. The maximum Gasteiger partial charge on any atom is 0.241 e. The molecule has 0 bridgehead atoms. The van der Waals surface area contributed by atoms with E-state index in [0.29, 0.717) is 24.8 Å². The van der Waals surface area contributed by atoms with Crippen molar-refractivity contribution in [2.24, 2.45) is 16.8 Å². The van der Waals surface area contributed by atoms with E-state index in [2.05, 4.69) is 15.0 Å². The topological polar surface area (TPSA) is 87.6 Å². The lowest BCUT2D eigenvalue weighted by molar-refractivity contribution is 0.419. The highest BCUT2D eigenvalue weighted by molar-refractivity contribution is 7.99. The maximum absolute atomic E-state index is 12.5. The van der Waals surface area contributed by atoms with Gasteiger partial charge in [0.15, 0.2) is 0 Å². The summed E-state index contributed by atoms with van der Waals surface area (Å²) in [4.78, 5) is 4.35. The third-order valence-corrected chi connectivity index (χ3v) is 7.55. The Balaban J connectivity index is 1.38. The normalized spacial score (nSPS) is 23.0. The van der Waals surface area contributed by atoms with Crippen molar-refractivity contribution < 1.29 is 12.6 Å². The zero-order valence-corrected chi connectivity index (χ0v) is 14.9. The Labute approximate surface area is 144 Å². The molecule has 1 unspecified atom stereocenters. The van der Waals surface area contributed by atoms with Gasteiger partial charge in [-0.15, -0.1) is 0 Å². The zero-order valence-electron chi connectivity index (χ0n) is 13.3. The number of aliphatic imine (C=N–C) groups is 1. The monoisotopic (exact) mass is 367 g/mol. The minimum atomic E-state index is -3.69. The van der Waals surface area contributed by atoms with Crippen LogP contribution in [-0.2, 0) is 20.8 Å². The Bertz CT molecular complexity index is 787. The van der Waals surface area contributed by atoms with Crippen molar-refractivity contribution in [2.45, 2.75) is 41.5 Å². The van der Waals surface area contributed by atoms with Gasteiger partial charge in [-0.2, -0.15) is 0 Å². The first-order chi connectivity index (χ1) is 11.6. The molecule has 0 saturated heterocycles. The van der Waals surface area contributed by atoms with Gasteiger partial charge < -0.3 is 5.32 Å². The van der Waals surface area contributed by atoms with Crippen LogP contribution in [0.1, 0.15) is 25.7 Å². The van der Waals surface area contributed by atoms with Crippen molar-refractivity contribution in [3.63, 3.8) is 0 Å². The van der Waals surface area contributed by atoms with Crippen molar-refractivity contribution >= 4 is 32.1 Å². The molecular formula is C16H21N3O3S2. The molecule has 130 valence electrons. The molecule has 1 aromatic carbocycles. The van der Waals surface area contributed by atoms with Crippen LogP contribution in [0.15, 0.2) is 33.0 Å². The maximum atomic E-state index is 12.5. The van der Waals surface area contributed by atoms with Gasteiger partial charge in [0.1, 0.15) is 4.90 Å². The molecule has 0 radical (unpaired) electrons. The Morgan fingerprint density at radius 2 is 1.88 bits per heavy atom. The van der Waals surface area contributed by atoms with Crippen molar-refractivity contribution in [2.75, 3.05) is 13.1 Å². The van der Waals surface area contributed by atoms with E-state index >= 15 is 0 Å². The van der Waals surface area contributed by atoms with Gasteiger partial charge in [0, 0.05) is 19.1 Å². The van der Waals surface area contributed by atoms with Crippen LogP contribution in [0, 0.1) is 11.8 Å². The van der Waals surface area contributed by atoms with E-state index in [1.807, 2.05) is 0 Å². The van der Waals surface area contributed by atoms with Crippen molar-refractivity contribution in [3.8, 4) is 0 Å². The molecule has 2 N–H and O–H groups in total. The molecule has 2 aliphatic carbocycles. The predicted molar refractivity (Wildman–Crippen MR) is 93.4 cm³/mol. The second kappa shape index (κ2) is 6.33. The summed E-state index contributed by atoms with van der Waals surface area (Å²) < 4.78 is 39.7. The summed E-state index contributed by atoms with van der Waals surface area (Å²) in [6.07, 6.45) is 5.17. The number of benzene rings is 1. The molecule has 6 nitrogen and oxygen atoms in total. The lowest BCUT2D eigenvalue weighted by Gasteiger charge is -2.18. The first kappa shape index (κ1) is 16.4. The SMILES string of the molecule is O=S1C=Nc2cccc(S(=O)(=O)NCCNC(C3CC3)C3CC3)c21. The largest absolute Gasteiger partial charge is 0.312 e. The smallest absolute Gasteiger partial charge is 0.241 e. The molecule has 2 saturated carbocycles. The fourth-order valence-electron chi connectivity index (χ4n) is 3.31. The van der Waals surface area contributed by atoms with E-state index in [0.717, 1.165) is 11.8 Å². The number of rotatable bonds is 8. The van der Waals surface area contributed by atoms with Gasteiger partial charge in [-0.3, -0.25) is 0 Å². The van der Waals surface area contributed by atoms with E-state index in [9.17, 15) is 12.6 Å². The Hall–Kier alpha value is -1.09. The number of nitrogens with zero attached hydrogens (tertiary/aromatic N) is 1. The molecule has 8 heteroatoms. The van der Waals surface area contributed by atoms with Crippen LogP contribution in [0.25, 0.3) is 0 Å². The highest BCUT2D eigenvalue weighted by Gasteiger charge is 2.40. The standard InChI is InChI=1S/C16H21N3O3S2/c20-23-10-18-13-2-1-3-14(16(13)23)24(21,22)19-9-8-17-15(11-4-5-11)12-6-7-12/h1-3,10-12,15,17,19H,4-9H2. The van der Waals surface area contributed by atoms with Gasteiger partial charge in [0.25, 0.3) is 0 Å². The molecule has 1 atom stereocenters. The fourth-order valence-corrected chi connectivity index (χ4v) is 5.92. The quantitative estimate of drug-likeness (QED) is 0.682. The van der Waals surface area contributed by atoms with Crippen LogP contribution in [-0.4, -0.2) is 37.3 Å². The summed E-state index contributed by atoms with van der Waals surface area (Å²) in [7, 11) is -5.18. The second-order valence-electron chi connectivity index (χ2n) is 6.69. The van der Waals surface area contributed by atoms with Crippen LogP contribution >= 0.6 is 0 Å². The highest BCUT2D eigenvalue weighted by Crippen LogP contribution is 2.44. The van der Waals surface area contributed by atoms with Crippen molar-refractivity contribution in [1.82, 2.24) is 10.0 Å². The first-order valence-corrected chi connectivity index (χ1v) is 11.1. The van der Waals surface area contributed by atoms with Crippen LogP contribution in [0.2, 0.25) is 0 Å². The van der Waals surface area contributed by atoms with E-state index in [-0.39, 0.29) is 9.79 Å². The van der Waals surface area contributed by atoms with E-state index in [1.165, 1.54) is 37.3 Å². The van der Waals surface area contributed by atoms with Crippen LogP contribution in [0.4, 0.5) is 5.69 Å². The number of sulfonamides is 1. The van der Waals surface area contributed by atoms with E-state index < -0.39 is 20.8 Å². The van der Waals surface area contributed by atoms with Crippen LogP contribution < -0.4 is 10.0 Å². The molecule has 3 aliphatic rings. The Morgan fingerprint density at radius 1 is 1.17 bits per heavy atom. The Morgan fingerprint density at radius 3 is 2.54 bits per heavy atom. The number of nitrogens with one attached hydrogen (secondary N) is 2. The first-order valence-electron chi connectivity index (χ1n) is 8.37. The number of fused-ring (bicyclic) bond motifs is 1. The third kappa shape index (κ3) is 3.33. The average molecular weight is 367 g/mol. The van der Waals surface area contributed by atoms with Gasteiger partial charge in [0.05, 0.1) is 26.9 Å². The van der Waals surface area contributed by atoms with Crippen LogP contribution in [0.3, 0.4) is 0 Å². The van der Waals surface area contributed by atoms with Crippen molar-refractivity contribution in [1.29, 1.82) is 0 Å². The molecule has 0 amide bonds. The Kier molecular flexibility index (Phi) is 4.32. The predicted octanol–water partition coefficient (Wildman–Crippen LogP) is 1.52. The molecule has 24 heavy (non-hydrogen) atoms. The minimum Gasteiger partial charge on any atom is -0.312 e. The lowest BCUT2D eigenvalue weighted by Crippen LogP contribution is -2.39. The molecule has 0 spiro atoms. The van der Waals surface area contributed by atoms with E-state index in [4.69, 9.17) is 0 Å². The van der Waals surface area contributed by atoms with Crippen LogP contribution in [0.5, 0.6) is 0 Å². The van der Waals surface area contributed by atoms with Gasteiger partial charge in [0.2, 0.25) is 10.0 Å². The fraction of sp³-hybridized carbons (Fsp3) is 0.562. The van der Waals surface area contributed by atoms with Crippen molar-refractivity contribution in [3.05, 3.63) is 18.2 Å². The third-order valence-electron chi connectivity index (χ3n) is 4.79.